The van der Waals surface area contributed by atoms with Crippen LogP contribution in [0.1, 0.15) is 26.3 Å². The molecule has 1 heterocycles. The fourth-order valence-corrected chi connectivity index (χ4v) is 5.60. The summed E-state index contributed by atoms with van der Waals surface area (Å²) in [7, 11) is -1.40. The Balaban J connectivity index is 2.94. The number of aliphatic hydroxyl groups excluding tert-OH is 1. The summed E-state index contributed by atoms with van der Waals surface area (Å²) in [5.41, 5.74) is 1.04. The second kappa shape index (κ2) is 5.39. The summed E-state index contributed by atoms with van der Waals surface area (Å²) in [5.74, 6) is 0.198. The van der Waals surface area contributed by atoms with Gasteiger partial charge in [0.05, 0.1) is 17.4 Å². The van der Waals surface area contributed by atoms with Gasteiger partial charge in [0.2, 0.25) is 0 Å². The average Bonchev–Trinajstić information content (AvgIpc) is 2.70. The summed E-state index contributed by atoms with van der Waals surface area (Å²) < 4.78 is 5.71. The van der Waals surface area contributed by atoms with Crippen LogP contribution in [0, 0.1) is 0 Å². The molecule has 0 unspecified atom stereocenters. The van der Waals surface area contributed by atoms with Crippen LogP contribution in [0.3, 0.4) is 0 Å². The fourth-order valence-electron chi connectivity index (χ4n) is 2.25. The van der Waals surface area contributed by atoms with E-state index in [0.717, 1.165) is 5.56 Å². The van der Waals surface area contributed by atoms with E-state index in [9.17, 15) is 0 Å². The summed E-state index contributed by atoms with van der Waals surface area (Å²) in [4.78, 5) is 0. The van der Waals surface area contributed by atoms with Gasteiger partial charge in [0, 0.05) is 6.42 Å². The molecule has 0 fully saturated rings. The van der Waals surface area contributed by atoms with E-state index >= 15 is 0 Å². The van der Waals surface area contributed by atoms with Crippen LogP contribution in [0.25, 0.3) is 0 Å². The average molecular weight is 238 g/mol. The van der Waals surface area contributed by atoms with E-state index in [1.54, 1.807) is 6.26 Å². The van der Waals surface area contributed by atoms with Gasteiger partial charge in [-0.25, -0.2) is 0 Å². The van der Waals surface area contributed by atoms with Crippen molar-refractivity contribution in [3.8, 4) is 0 Å². The molecule has 0 amide bonds. The van der Waals surface area contributed by atoms with Crippen molar-refractivity contribution >= 4 is 13.5 Å². The zero-order valence-electron chi connectivity index (χ0n) is 10.5. The SMILES string of the molecule is C=C(O)Cc1coc([Si](CC)(CC)CC)c1. The molecule has 0 radical (unpaired) electrons. The first kappa shape index (κ1) is 13.1. The van der Waals surface area contributed by atoms with Crippen molar-refractivity contribution in [2.24, 2.45) is 0 Å². The molecule has 0 saturated heterocycles. The molecule has 16 heavy (non-hydrogen) atoms. The summed E-state index contributed by atoms with van der Waals surface area (Å²) >= 11 is 0. The third-order valence-corrected chi connectivity index (χ3v) is 8.98. The summed E-state index contributed by atoms with van der Waals surface area (Å²) in [6.45, 7) is 10.3. The molecule has 0 aliphatic heterocycles. The minimum Gasteiger partial charge on any atom is -0.513 e. The van der Waals surface area contributed by atoms with Crippen molar-refractivity contribution in [3.63, 3.8) is 0 Å². The maximum Gasteiger partial charge on any atom is 0.131 e. The molecule has 0 bridgehead atoms. The maximum atomic E-state index is 9.16. The Kier molecular flexibility index (Phi) is 4.41. The van der Waals surface area contributed by atoms with Crippen LogP contribution in [0.4, 0.5) is 0 Å². The van der Waals surface area contributed by atoms with Crippen LogP contribution in [0.5, 0.6) is 0 Å². The van der Waals surface area contributed by atoms with Crippen LogP contribution in [0.2, 0.25) is 18.1 Å². The molecule has 1 aromatic rings. The molecular formula is C13H22O2Si. The highest BCUT2D eigenvalue weighted by atomic mass is 28.3. The summed E-state index contributed by atoms with van der Waals surface area (Å²) in [6.07, 6.45) is 2.27. The Hall–Kier alpha value is -0.963. The quantitative estimate of drug-likeness (QED) is 0.606. The van der Waals surface area contributed by atoms with Gasteiger partial charge < -0.3 is 9.52 Å². The lowest BCUT2D eigenvalue weighted by Gasteiger charge is -2.24. The molecule has 1 N–H and O–H groups in total. The predicted molar refractivity (Wildman–Crippen MR) is 71.0 cm³/mol. The van der Waals surface area contributed by atoms with E-state index in [1.807, 2.05) is 0 Å². The lowest BCUT2D eigenvalue weighted by Crippen LogP contribution is -2.44. The zero-order chi connectivity index (χ0) is 12.2. The molecule has 0 aliphatic carbocycles. The second-order valence-electron chi connectivity index (χ2n) is 4.40. The zero-order valence-corrected chi connectivity index (χ0v) is 11.5. The summed E-state index contributed by atoms with van der Waals surface area (Å²) in [5, 5.41) is 10.3. The predicted octanol–water partition coefficient (Wildman–Crippen LogP) is 3.61. The van der Waals surface area contributed by atoms with Crippen LogP contribution in [-0.2, 0) is 6.42 Å². The second-order valence-corrected chi connectivity index (χ2v) is 9.58. The van der Waals surface area contributed by atoms with E-state index in [-0.39, 0.29) is 5.76 Å². The first-order valence-electron chi connectivity index (χ1n) is 6.02. The molecule has 90 valence electrons. The Morgan fingerprint density at radius 2 is 1.88 bits per heavy atom. The standard InChI is InChI=1S/C13H22O2Si/c1-5-16(6-2,7-3)13-9-12(10-15-13)8-11(4)14/h9-10,14H,4-8H2,1-3H3. The van der Waals surface area contributed by atoms with Crippen molar-refractivity contribution in [1.29, 1.82) is 0 Å². The maximum absolute atomic E-state index is 9.16. The molecule has 1 rings (SSSR count). The first-order chi connectivity index (χ1) is 7.57. The van der Waals surface area contributed by atoms with Crippen LogP contribution in [0.15, 0.2) is 29.1 Å². The molecule has 1 aromatic heterocycles. The minimum atomic E-state index is -1.40. The number of hydrogen-bond donors (Lipinski definition) is 1. The van der Waals surface area contributed by atoms with Gasteiger partial charge >= 0.3 is 0 Å². The normalized spacial score (nSPS) is 11.7. The Labute approximate surface area is 99.0 Å². The first-order valence-corrected chi connectivity index (χ1v) is 8.64. The number of hydrogen-bond acceptors (Lipinski definition) is 2. The summed E-state index contributed by atoms with van der Waals surface area (Å²) in [6, 6.07) is 5.76. The molecule has 0 atom stereocenters. The van der Waals surface area contributed by atoms with Gasteiger partial charge in [0.15, 0.2) is 0 Å². The molecule has 3 heteroatoms. The third-order valence-electron chi connectivity index (χ3n) is 3.61. The van der Waals surface area contributed by atoms with Crippen LogP contribution < -0.4 is 5.38 Å². The lowest BCUT2D eigenvalue weighted by molar-refractivity contribution is 0.401. The third kappa shape index (κ3) is 2.58. The lowest BCUT2D eigenvalue weighted by atomic mass is 10.2. The van der Waals surface area contributed by atoms with Gasteiger partial charge in [-0.3, -0.25) is 0 Å². The van der Waals surface area contributed by atoms with Crippen LogP contribution in [-0.4, -0.2) is 13.2 Å². The minimum absolute atomic E-state index is 0.198. The molecule has 0 saturated carbocycles. The largest absolute Gasteiger partial charge is 0.513 e. The highest BCUT2D eigenvalue weighted by Crippen LogP contribution is 2.21. The molecule has 0 spiro atoms. The van der Waals surface area contributed by atoms with Crippen molar-refractivity contribution in [2.75, 3.05) is 0 Å². The topological polar surface area (TPSA) is 33.4 Å². The van der Waals surface area contributed by atoms with Gasteiger partial charge in [-0.1, -0.05) is 45.5 Å². The van der Waals surface area contributed by atoms with Crippen molar-refractivity contribution < 1.29 is 9.52 Å². The highest BCUT2D eigenvalue weighted by Gasteiger charge is 2.32. The van der Waals surface area contributed by atoms with Gasteiger partial charge in [-0.05, 0) is 11.6 Å². The Bertz CT molecular complexity index is 342. The van der Waals surface area contributed by atoms with Gasteiger partial charge in [0.1, 0.15) is 8.07 Å². The van der Waals surface area contributed by atoms with Gasteiger partial charge in [-0.2, -0.15) is 0 Å². The van der Waals surface area contributed by atoms with Crippen molar-refractivity contribution in [2.45, 2.75) is 45.3 Å². The fraction of sp³-hybridized carbons (Fsp3) is 0.538. The van der Waals surface area contributed by atoms with E-state index in [1.165, 1.54) is 23.5 Å². The van der Waals surface area contributed by atoms with E-state index in [2.05, 4.69) is 33.4 Å². The number of rotatable bonds is 6. The number of aliphatic hydroxyl groups is 1. The van der Waals surface area contributed by atoms with E-state index in [4.69, 9.17) is 9.52 Å². The van der Waals surface area contributed by atoms with Gasteiger partial charge in [-0.15, -0.1) is 0 Å². The smallest absolute Gasteiger partial charge is 0.131 e. The molecular weight excluding hydrogens is 216 g/mol. The van der Waals surface area contributed by atoms with Crippen molar-refractivity contribution in [1.82, 2.24) is 0 Å². The van der Waals surface area contributed by atoms with Gasteiger partial charge in [0.25, 0.3) is 0 Å². The van der Waals surface area contributed by atoms with E-state index in [0.29, 0.717) is 6.42 Å². The molecule has 0 aromatic carbocycles. The number of allylic oxidation sites excluding steroid dienone is 1. The Morgan fingerprint density at radius 3 is 2.31 bits per heavy atom. The molecule has 2 nitrogen and oxygen atoms in total. The highest BCUT2D eigenvalue weighted by molar-refractivity contribution is 6.90. The van der Waals surface area contributed by atoms with E-state index < -0.39 is 8.07 Å². The van der Waals surface area contributed by atoms with Crippen LogP contribution >= 0.6 is 0 Å². The molecule has 0 aliphatic rings. The monoisotopic (exact) mass is 238 g/mol. The number of furan rings is 1. The Morgan fingerprint density at radius 1 is 1.31 bits per heavy atom. The van der Waals surface area contributed by atoms with Crippen molar-refractivity contribution in [3.05, 3.63) is 30.2 Å².